The van der Waals surface area contributed by atoms with Gasteiger partial charge in [0, 0.05) is 34.4 Å². The molecule has 0 radical (unpaired) electrons. The molecule has 226 valence electrons. The Labute approximate surface area is 250 Å². The maximum Gasteiger partial charge on any atom is 0.237 e. The summed E-state index contributed by atoms with van der Waals surface area (Å²) in [7, 11) is 5.44. The molecule has 4 N–H and O–H groups in total. The van der Waals surface area contributed by atoms with Crippen LogP contribution in [0, 0.1) is 0 Å². The van der Waals surface area contributed by atoms with Crippen LogP contribution in [0.1, 0.15) is 41.4 Å². The summed E-state index contributed by atoms with van der Waals surface area (Å²) in [6.07, 6.45) is 0. The highest BCUT2D eigenvalue weighted by molar-refractivity contribution is 6.50. The summed E-state index contributed by atoms with van der Waals surface area (Å²) in [5, 5.41) is 42.7. The van der Waals surface area contributed by atoms with Gasteiger partial charge in [-0.25, -0.2) is 0 Å². The molecule has 44 heavy (non-hydrogen) atoms. The second-order valence-electron chi connectivity index (χ2n) is 9.29. The number of benzene rings is 4. The quantitative estimate of drug-likeness (QED) is 0.108. The molecule has 0 atom stereocenters. The summed E-state index contributed by atoms with van der Waals surface area (Å²) in [5.74, 6) is -6.21. The van der Waals surface area contributed by atoms with Crippen LogP contribution in [-0.4, -0.2) is 72.0 Å². The van der Waals surface area contributed by atoms with Crippen LogP contribution in [0.25, 0.3) is 11.1 Å². The third kappa shape index (κ3) is 5.95. The zero-order valence-electron chi connectivity index (χ0n) is 23.8. The van der Waals surface area contributed by atoms with Crippen LogP contribution in [0.15, 0.2) is 60.7 Å². The van der Waals surface area contributed by atoms with E-state index in [0.717, 1.165) is 24.3 Å². The van der Waals surface area contributed by atoms with Crippen LogP contribution in [-0.2, 0) is 0 Å². The number of Topliss-reactive ketones (excluding diaryl/α,β-unsaturated/α-hetero) is 4. The normalized spacial score (nSPS) is 10.5. The van der Waals surface area contributed by atoms with E-state index in [2.05, 4.69) is 0 Å². The summed E-state index contributed by atoms with van der Waals surface area (Å²) >= 11 is 0. The van der Waals surface area contributed by atoms with Gasteiger partial charge in [0.25, 0.3) is 0 Å². The van der Waals surface area contributed by atoms with Gasteiger partial charge in [0.1, 0.15) is 46.0 Å². The first-order valence-corrected chi connectivity index (χ1v) is 12.7. The molecule has 12 heteroatoms. The Morgan fingerprint density at radius 1 is 0.409 bits per heavy atom. The maximum atomic E-state index is 13.0. The van der Waals surface area contributed by atoms with Crippen molar-refractivity contribution >= 4 is 23.1 Å². The van der Waals surface area contributed by atoms with Gasteiger partial charge in [-0.2, -0.15) is 0 Å². The van der Waals surface area contributed by atoms with Crippen LogP contribution in [0.4, 0.5) is 0 Å². The van der Waals surface area contributed by atoms with E-state index < -0.39 is 57.3 Å². The molecule has 4 aromatic carbocycles. The summed E-state index contributed by atoms with van der Waals surface area (Å²) in [5.41, 5.74) is -1.81. The molecule has 0 unspecified atom stereocenters. The first kappa shape index (κ1) is 30.9. The van der Waals surface area contributed by atoms with Crippen molar-refractivity contribution in [2.75, 3.05) is 28.4 Å². The minimum atomic E-state index is -1.17. The van der Waals surface area contributed by atoms with Crippen LogP contribution in [0.5, 0.6) is 46.0 Å². The lowest BCUT2D eigenvalue weighted by atomic mass is 9.93. The number of hydrogen-bond acceptors (Lipinski definition) is 12. The van der Waals surface area contributed by atoms with Gasteiger partial charge in [-0.1, -0.05) is 0 Å². The minimum absolute atomic E-state index is 0.0982. The fourth-order valence-corrected chi connectivity index (χ4v) is 4.33. The molecule has 0 spiro atoms. The van der Waals surface area contributed by atoms with Gasteiger partial charge in [-0.15, -0.1) is 0 Å². The number of phenolic OH excluding ortho intramolecular Hbond substituents is 4. The molecule has 0 aromatic heterocycles. The molecular weight excluding hydrogens is 576 g/mol. The average molecular weight is 603 g/mol. The molecule has 0 aliphatic carbocycles. The van der Waals surface area contributed by atoms with E-state index in [4.69, 9.17) is 18.9 Å². The zero-order valence-corrected chi connectivity index (χ0v) is 23.8. The molecule has 0 aliphatic heterocycles. The van der Waals surface area contributed by atoms with Crippen molar-refractivity contribution in [1.82, 2.24) is 0 Å². The highest BCUT2D eigenvalue weighted by Gasteiger charge is 2.28. The third-order valence-electron chi connectivity index (χ3n) is 6.65. The van der Waals surface area contributed by atoms with Crippen LogP contribution in [0.2, 0.25) is 0 Å². The zero-order chi connectivity index (χ0) is 32.3. The van der Waals surface area contributed by atoms with E-state index in [0.29, 0.717) is 0 Å². The van der Waals surface area contributed by atoms with Crippen LogP contribution in [0.3, 0.4) is 0 Å². The lowest BCUT2D eigenvalue weighted by Gasteiger charge is -2.13. The fraction of sp³-hybridized carbons (Fsp3) is 0.125. The predicted octanol–water partition coefficient (Wildman–Crippen LogP) is 4.34. The largest absolute Gasteiger partial charge is 0.507 e. The lowest BCUT2D eigenvalue weighted by Crippen LogP contribution is -2.15. The number of ether oxygens (including phenoxy) is 4. The van der Waals surface area contributed by atoms with E-state index in [1.165, 1.54) is 64.8 Å². The first-order chi connectivity index (χ1) is 20.9. The Balaban J connectivity index is 1.67. The second kappa shape index (κ2) is 12.4. The van der Waals surface area contributed by atoms with Crippen molar-refractivity contribution in [2.45, 2.75) is 0 Å². The number of phenols is 4. The minimum Gasteiger partial charge on any atom is -0.507 e. The molecule has 12 nitrogen and oxygen atoms in total. The van der Waals surface area contributed by atoms with Crippen molar-refractivity contribution in [3.63, 3.8) is 0 Å². The highest BCUT2D eigenvalue weighted by atomic mass is 16.5. The molecule has 0 fully saturated rings. The smallest absolute Gasteiger partial charge is 0.237 e. The second-order valence-corrected chi connectivity index (χ2v) is 9.29. The lowest BCUT2D eigenvalue weighted by molar-refractivity contribution is 0.0814. The van der Waals surface area contributed by atoms with E-state index >= 15 is 0 Å². The number of ketones is 4. The number of rotatable bonds is 11. The van der Waals surface area contributed by atoms with E-state index in [1.807, 2.05) is 0 Å². The van der Waals surface area contributed by atoms with Gasteiger partial charge in [0.05, 0.1) is 39.6 Å². The summed E-state index contributed by atoms with van der Waals surface area (Å²) in [4.78, 5) is 51.8. The first-order valence-electron chi connectivity index (χ1n) is 12.7. The molecule has 0 aliphatic rings. The van der Waals surface area contributed by atoms with E-state index in [-0.39, 0.29) is 45.3 Å². The molecule has 0 heterocycles. The Hall–Kier alpha value is -6.04. The number of aromatic hydroxyl groups is 4. The molecule has 0 bridgehead atoms. The predicted molar refractivity (Wildman–Crippen MR) is 155 cm³/mol. The molecule has 0 saturated heterocycles. The number of carbonyl (C=O) groups excluding carboxylic acids is 4. The Morgan fingerprint density at radius 3 is 0.977 bits per heavy atom. The Morgan fingerprint density at radius 2 is 0.705 bits per heavy atom. The van der Waals surface area contributed by atoms with Gasteiger partial charge in [0.2, 0.25) is 23.1 Å². The molecule has 4 rings (SSSR count). The Bertz CT molecular complexity index is 1650. The maximum absolute atomic E-state index is 13.0. The van der Waals surface area contributed by atoms with Gasteiger partial charge in [0.15, 0.2) is 0 Å². The Kier molecular flexibility index (Phi) is 8.75. The molecule has 0 amide bonds. The summed E-state index contributed by atoms with van der Waals surface area (Å²) in [6.45, 7) is 0. The monoisotopic (exact) mass is 602 g/mol. The van der Waals surface area contributed by atoms with Crippen molar-refractivity contribution < 1.29 is 58.6 Å². The van der Waals surface area contributed by atoms with Crippen LogP contribution >= 0.6 is 0 Å². The standard InChI is InChI=1S/C32H26O12/c1-41-17-5-15(6-18(9-17)42-2)29(37)31(39)23-13-25(33)21(11-27(23)35)22-12-28(36)24(14-26(22)34)32(40)30(38)16-7-19(43-3)10-20(8-16)44-4/h5-14,33-36H,1-4H3. The van der Waals surface area contributed by atoms with E-state index in [9.17, 15) is 39.6 Å². The fourth-order valence-electron chi connectivity index (χ4n) is 4.33. The van der Waals surface area contributed by atoms with Crippen LogP contribution < -0.4 is 18.9 Å². The van der Waals surface area contributed by atoms with Crippen molar-refractivity contribution in [3.05, 3.63) is 82.9 Å². The van der Waals surface area contributed by atoms with Gasteiger partial charge < -0.3 is 39.4 Å². The molecular formula is C32H26O12. The van der Waals surface area contributed by atoms with Gasteiger partial charge in [-0.05, 0) is 48.5 Å². The van der Waals surface area contributed by atoms with Gasteiger partial charge >= 0.3 is 0 Å². The van der Waals surface area contributed by atoms with Gasteiger partial charge in [-0.3, -0.25) is 19.2 Å². The number of methoxy groups -OCH3 is 4. The SMILES string of the molecule is COc1cc(OC)cc(C(=O)C(=O)c2cc(O)c(-c3cc(O)c(C(=O)C(=O)c4cc(OC)cc(OC)c4)cc3O)cc2O)c1. The summed E-state index contributed by atoms with van der Waals surface area (Å²) in [6, 6.07) is 11.6. The number of carbonyl (C=O) groups is 4. The van der Waals surface area contributed by atoms with E-state index in [1.54, 1.807) is 0 Å². The molecule has 0 saturated carbocycles. The molecule has 4 aromatic rings. The average Bonchev–Trinajstić information content (AvgIpc) is 3.04. The summed E-state index contributed by atoms with van der Waals surface area (Å²) < 4.78 is 20.4. The third-order valence-corrected chi connectivity index (χ3v) is 6.65. The highest BCUT2D eigenvalue weighted by Crippen LogP contribution is 2.42. The van der Waals surface area contributed by atoms with Crippen molar-refractivity contribution in [2.24, 2.45) is 0 Å². The topological polar surface area (TPSA) is 186 Å². The van der Waals surface area contributed by atoms with Crippen molar-refractivity contribution in [1.29, 1.82) is 0 Å². The van der Waals surface area contributed by atoms with Crippen molar-refractivity contribution in [3.8, 4) is 57.1 Å². The number of hydrogen-bond donors (Lipinski definition) is 4.